The van der Waals surface area contributed by atoms with Gasteiger partial charge < -0.3 is 20.6 Å². The number of aliphatic hydroxyl groups is 1. The third kappa shape index (κ3) is 5.64. The van der Waals surface area contributed by atoms with Crippen LogP contribution in [0.5, 0.6) is 0 Å². The van der Waals surface area contributed by atoms with Crippen molar-refractivity contribution in [2.75, 3.05) is 30.3 Å². The highest BCUT2D eigenvalue weighted by atomic mass is 16.2. The van der Waals surface area contributed by atoms with Crippen LogP contribution in [0.4, 0.5) is 17.5 Å². The van der Waals surface area contributed by atoms with E-state index in [0.29, 0.717) is 31.3 Å². The Morgan fingerprint density at radius 3 is 2.65 bits per heavy atom. The van der Waals surface area contributed by atoms with Crippen LogP contribution < -0.4 is 10.6 Å². The van der Waals surface area contributed by atoms with Crippen molar-refractivity contribution >= 4 is 28.4 Å². The fourth-order valence-corrected chi connectivity index (χ4v) is 4.98. The number of hydrogen-bond acceptors (Lipinski definition) is 7. The Bertz CT molecular complexity index is 1110. The number of H-pyrrole nitrogens is 1. The van der Waals surface area contributed by atoms with Crippen molar-refractivity contribution in [1.29, 1.82) is 0 Å². The van der Waals surface area contributed by atoms with E-state index < -0.39 is 0 Å². The molecule has 0 amide bonds. The minimum Gasteiger partial charge on any atom is -0.396 e. The molecule has 2 saturated heterocycles. The zero-order chi connectivity index (χ0) is 23.9. The summed E-state index contributed by atoms with van der Waals surface area (Å²) in [5, 5.41) is 23.1. The van der Waals surface area contributed by atoms with Crippen molar-refractivity contribution in [2.45, 2.75) is 64.1 Å². The van der Waals surface area contributed by atoms with Gasteiger partial charge in [0.25, 0.3) is 0 Å². The van der Waals surface area contributed by atoms with Crippen LogP contribution in [0, 0.1) is 13.5 Å². The summed E-state index contributed by atoms with van der Waals surface area (Å²) in [5.41, 5.74) is 1.90. The maximum Gasteiger partial charge on any atom is 0.227 e. The maximum absolute atomic E-state index is 7.88. The second kappa shape index (κ2) is 11.3. The molecule has 5 rings (SSSR count). The molecule has 2 aliphatic heterocycles. The number of piperidine rings is 1. The van der Waals surface area contributed by atoms with Crippen molar-refractivity contribution in [3.8, 4) is 0 Å². The van der Waals surface area contributed by atoms with E-state index >= 15 is 0 Å². The second-order valence-electron chi connectivity index (χ2n) is 9.03. The molecule has 0 radical (unpaired) electrons. The molecule has 3 aromatic heterocycles. The Balaban J connectivity index is 0.000000636. The highest BCUT2D eigenvalue weighted by Crippen LogP contribution is 2.37. The molecule has 2 aliphatic rings. The van der Waals surface area contributed by atoms with E-state index in [1.165, 1.54) is 12.8 Å². The Kier molecular flexibility index (Phi) is 7.93. The summed E-state index contributed by atoms with van der Waals surface area (Å²) in [6.45, 7) is 12.8. The summed E-state index contributed by atoms with van der Waals surface area (Å²) in [6, 6.07) is 9.46. The average molecular weight is 463 g/mol. The normalized spacial score (nSPS) is 21.5. The monoisotopic (exact) mass is 462 g/mol. The van der Waals surface area contributed by atoms with E-state index in [1.54, 1.807) is 0 Å². The van der Waals surface area contributed by atoms with E-state index in [1.807, 2.05) is 38.2 Å². The molecule has 2 bridgehead atoms. The molecule has 180 valence electrons. The smallest absolute Gasteiger partial charge is 0.227 e. The van der Waals surface area contributed by atoms with Crippen LogP contribution in [0.3, 0.4) is 0 Å². The van der Waals surface area contributed by atoms with Gasteiger partial charge in [0.2, 0.25) is 6.54 Å². The number of rotatable bonds is 7. The van der Waals surface area contributed by atoms with E-state index in [4.69, 9.17) is 16.7 Å². The van der Waals surface area contributed by atoms with Crippen LogP contribution in [0.15, 0.2) is 30.5 Å². The van der Waals surface area contributed by atoms with E-state index in [9.17, 15) is 0 Å². The molecule has 0 saturated carbocycles. The average Bonchev–Trinajstić information content (AvgIpc) is 3.36. The summed E-state index contributed by atoms with van der Waals surface area (Å²) in [5.74, 6) is 2.34. The fourth-order valence-electron chi connectivity index (χ4n) is 4.98. The first-order valence-corrected chi connectivity index (χ1v) is 12.1. The number of nitrogens with zero attached hydrogens (tertiary/aromatic N) is 5. The number of anilines is 3. The largest absolute Gasteiger partial charge is 0.396 e. The number of fused-ring (bicyclic) bond motifs is 3. The third-order valence-electron chi connectivity index (χ3n) is 6.48. The maximum atomic E-state index is 7.88. The lowest BCUT2D eigenvalue weighted by Gasteiger charge is -2.38. The Labute approximate surface area is 200 Å². The van der Waals surface area contributed by atoms with Gasteiger partial charge in [0.1, 0.15) is 11.6 Å². The Morgan fingerprint density at radius 1 is 1.24 bits per heavy atom. The lowest BCUT2D eigenvalue weighted by Crippen LogP contribution is -2.47. The van der Waals surface area contributed by atoms with Crippen molar-refractivity contribution in [3.05, 3.63) is 47.6 Å². The molecule has 2 fully saturated rings. The lowest BCUT2D eigenvalue weighted by molar-refractivity contribution is 0.139. The number of aromatic amines is 1. The van der Waals surface area contributed by atoms with Crippen LogP contribution >= 0.6 is 0 Å². The molecule has 9 nitrogen and oxygen atoms in total. The molecule has 1 unspecified atom stereocenters. The fraction of sp³-hybridized carbons (Fsp3) is 0.520. The molecule has 34 heavy (non-hydrogen) atoms. The molecular formula is C25H34N8O. The molecule has 4 N–H and O–H groups in total. The molecule has 3 aromatic rings. The van der Waals surface area contributed by atoms with Gasteiger partial charge in [0.05, 0.1) is 12.1 Å². The topological polar surface area (TPSA) is 106 Å². The van der Waals surface area contributed by atoms with Crippen LogP contribution in [0.25, 0.3) is 15.7 Å². The van der Waals surface area contributed by atoms with Crippen LogP contribution in [0.2, 0.25) is 0 Å². The predicted molar refractivity (Wildman–Crippen MR) is 135 cm³/mol. The number of pyridine rings is 2. The van der Waals surface area contributed by atoms with Crippen molar-refractivity contribution in [3.63, 3.8) is 0 Å². The van der Waals surface area contributed by atoms with Crippen molar-refractivity contribution < 1.29 is 5.11 Å². The number of nitrogens with one attached hydrogen (secondary N) is 3. The first kappa shape index (κ1) is 23.9. The van der Waals surface area contributed by atoms with E-state index in [0.717, 1.165) is 59.9 Å². The number of aliphatic hydroxyl groups excluding tert-OH is 1. The third-order valence-corrected chi connectivity index (χ3v) is 6.48. The molecule has 5 heterocycles. The van der Waals surface area contributed by atoms with Gasteiger partial charge in [0, 0.05) is 54.1 Å². The highest BCUT2D eigenvalue weighted by molar-refractivity contribution is 5.91. The minimum absolute atomic E-state index is 0.319. The zero-order valence-electron chi connectivity index (χ0n) is 20.0. The SMILES string of the molecule is CCCO.[C-]#[N+]CCN1[C@@H]2CC[C@H]1CC(Nc1nc(Nc3cc(C)[nH]n3)cc3ncccc13)C2. The Morgan fingerprint density at radius 2 is 2.00 bits per heavy atom. The lowest BCUT2D eigenvalue weighted by atomic mass is 9.97. The van der Waals surface area contributed by atoms with Crippen LogP contribution in [0.1, 0.15) is 44.7 Å². The van der Waals surface area contributed by atoms with Gasteiger partial charge in [-0.15, -0.1) is 0 Å². The predicted octanol–water partition coefficient (Wildman–Crippen LogP) is 4.12. The number of aryl methyl sites for hydroxylation is 1. The molecular weight excluding hydrogens is 428 g/mol. The highest BCUT2D eigenvalue weighted by Gasteiger charge is 2.40. The van der Waals surface area contributed by atoms with E-state index in [2.05, 4.69) is 41.6 Å². The summed E-state index contributed by atoms with van der Waals surface area (Å²) in [6.07, 6.45) is 7.33. The molecule has 9 heteroatoms. The molecule has 0 aromatic carbocycles. The van der Waals surface area contributed by atoms with Gasteiger partial charge in [-0.05, 0) is 51.2 Å². The number of aromatic nitrogens is 4. The van der Waals surface area contributed by atoms with E-state index in [-0.39, 0.29) is 0 Å². The minimum atomic E-state index is 0.319. The van der Waals surface area contributed by atoms with Gasteiger partial charge >= 0.3 is 0 Å². The van der Waals surface area contributed by atoms with Gasteiger partial charge in [-0.25, -0.2) is 11.6 Å². The Hall–Kier alpha value is -3.22. The summed E-state index contributed by atoms with van der Waals surface area (Å²) < 4.78 is 0. The first-order valence-electron chi connectivity index (χ1n) is 12.1. The summed E-state index contributed by atoms with van der Waals surface area (Å²) in [4.78, 5) is 15.5. The summed E-state index contributed by atoms with van der Waals surface area (Å²) >= 11 is 0. The van der Waals surface area contributed by atoms with Gasteiger partial charge in [-0.2, -0.15) is 5.10 Å². The second-order valence-corrected chi connectivity index (χ2v) is 9.03. The first-order chi connectivity index (χ1) is 16.6. The van der Waals surface area contributed by atoms with Gasteiger partial charge in [-0.1, -0.05) is 6.92 Å². The van der Waals surface area contributed by atoms with Gasteiger partial charge in [-0.3, -0.25) is 15.0 Å². The molecule has 3 atom stereocenters. The van der Waals surface area contributed by atoms with Crippen molar-refractivity contribution in [1.82, 2.24) is 25.1 Å². The quantitative estimate of drug-likeness (QED) is 0.391. The standard InChI is InChI=1S/C22H26N8.C3H8O/c1-14-10-21(29-28-14)26-20-13-19-18(4-3-7-24-19)22(27-20)25-15-11-16-5-6-17(12-15)30(16)9-8-23-2;1-2-3-4/h3-4,7,10,13,15-17H,5-6,8-9,11-12H2,1H3,(H3,25,26,27,28,29);4H,2-3H2,1H3/t15?,16-,17+;. The van der Waals surface area contributed by atoms with Crippen molar-refractivity contribution in [2.24, 2.45) is 0 Å². The zero-order valence-corrected chi connectivity index (χ0v) is 20.0. The van der Waals surface area contributed by atoms with Crippen LogP contribution in [-0.2, 0) is 0 Å². The van der Waals surface area contributed by atoms with Crippen LogP contribution in [-0.4, -0.2) is 68.0 Å². The number of hydrogen-bond donors (Lipinski definition) is 4. The molecule has 0 spiro atoms. The summed E-state index contributed by atoms with van der Waals surface area (Å²) in [7, 11) is 0. The molecule has 0 aliphatic carbocycles. The van der Waals surface area contributed by atoms with Gasteiger partial charge in [0.15, 0.2) is 5.82 Å².